The van der Waals surface area contributed by atoms with Crippen molar-refractivity contribution >= 4 is 11.7 Å². The van der Waals surface area contributed by atoms with Gasteiger partial charge >= 0.3 is 18.9 Å². The van der Waals surface area contributed by atoms with Crippen molar-refractivity contribution in [1.82, 2.24) is 9.88 Å². The van der Waals surface area contributed by atoms with Crippen LogP contribution in [-0.4, -0.2) is 35.2 Å². The number of hydrogen-bond acceptors (Lipinski definition) is 3. The van der Waals surface area contributed by atoms with E-state index >= 15 is 0 Å². The molecule has 0 saturated carbocycles. The fourth-order valence-electron chi connectivity index (χ4n) is 1.78. The van der Waals surface area contributed by atoms with Crippen molar-refractivity contribution in [3.8, 4) is 0 Å². The standard InChI is InChI=1S/C11H12N2O2.Li/c1-13-6-4-9(11(13)15)10(14)8-3-2-5-12-7-8;/h2-3,5,7,9H,4,6H2,1H3;/q;+1. The van der Waals surface area contributed by atoms with E-state index < -0.39 is 5.92 Å². The first kappa shape index (κ1) is 13.0. The summed E-state index contributed by atoms with van der Waals surface area (Å²) in [6, 6.07) is 3.40. The van der Waals surface area contributed by atoms with Gasteiger partial charge in [0.25, 0.3) is 0 Å². The molecule has 1 aliphatic rings. The Kier molecular flexibility index (Phi) is 4.28. The quantitative estimate of drug-likeness (QED) is 0.315. The molecule has 2 heterocycles. The van der Waals surface area contributed by atoms with E-state index in [-0.39, 0.29) is 30.6 Å². The summed E-state index contributed by atoms with van der Waals surface area (Å²) in [5.74, 6) is -0.694. The van der Waals surface area contributed by atoms with Crippen molar-refractivity contribution in [2.75, 3.05) is 13.6 Å². The molecule has 1 aliphatic heterocycles. The first-order valence-electron chi connectivity index (χ1n) is 4.89. The van der Waals surface area contributed by atoms with E-state index in [1.54, 1.807) is 30.3 Å². The van der Waals surface area contributed by atoms with Crippen molar-refractivity contribution in [3.63, 3.8) is 0 Å². The number of Topliss-reactive ketones (excluding diaryl/α,β-unsaturated/α-hetero) is 1. The molecule has 4 nitrogen and oxygen atoms in total. The van der Waals surface area contributed by atoms with E-state index in [2.05, 4.69) is 4.98 Å². The molecule has 2 rings (SSSR count). The molecule has 5 heteroatoms. The number of likely N-dealkylation sites (tertiary alicyclic amines) is 1. The first-order valence-corrected chi connectivity index (χ1v) is 4.89. The second-order valence-corrected chi connectivity index (χ2v) is 3.71. The van der Waals surface area contributed by atoms with Gasteiger partial charge in [-0.05, 0) is 18.6 Å². The molecular weight excluding hydrogens is 199 g/mol. The van der Waals surface area contributed by atoms with Crippen LogP contribution < -0.4 is 18.9 Å². The van der Waals surface area contributed by atoms with Gasteiger partial charge in [-0.2, -0.15) is 0 Å². The van der Waals surface area contributed by atoms with E-state index in [1.807, 2.05) is 0 Å². The molecule has 1 amide bonds. The minimum Gasteiger partial charge on any atom is -0.345 e. The molecule has 16 heavy (non-hydrogen) atoms. The van der Waals surface area contributed by atoms with Gasteiger partial charge in [0.2, 0.25) is 5.91 Å². The van der Waals surface area contributed by atoms with Crippen LogP contribution in [0.4, 0.5) is 0 Å². The summed E-state index contributed by atoms with van der Waals surface area (Å²) in [5.41, 5.74) is 0.520. The number of amides is 1. The summed E-state index contributed by atoms with van der Waals surface area (Å²) >= 11 is 0. The normalized spacial score (nSPS) is 19.4. The topological polar surface area (TPSA) is 50.3 Å². The Morgan fingerprint density at radius 3 is 2.81 bits per heavy atom. The van der Waals surface area contributed by atoms with Crippen molar-refractivity contribution in [1.29, 1.82) is 0 Å². The second kappa shape index (κ2) is 5.29. The number of carbonyl (C=O) groups excluding carboxylic acids is 2. The summed E-state index contributed by atoms with van der Waals surface area (Å²) in [6.07, 6.45) is 3.73. The molecule has 1 fully saturated rings. The molecular formula is C11H12LiN2O2+. The maximum atomic E-state index is 11.9. The third-order valence-electron chi connectivity index (χ3n) is 2.69. The summed E-state index contributed by atoms with van der Waals surface area (Å²) in [6.45, 7) is 0.662. The Hall–Kier alpha value is -1.11. The largest absolute Gasteiger partial charge is 1.00 e. The Morgan fingerprint density at radius 1 is 1.56 bits per heavy atom. The molecule has 1 aromatic rings. The van der Waals surface area contributed by atoms with Gasteiger partial charge in [-0.3, -0.25) is 14.6 Å². The smallest absolute Gasteiger partial charge is 0.345 e. The number of aromatic nitrogens is 1. The SMILES string of the molecule is CN1CCC(C(=O)c2cccnc2)C1=O.[Li+]. The third-order valence-corrected chi connectivity index (χ3v) is 2.69. The van der Waals surface area contributed by atoms with E-state index in [0.29, 0.717) is 18.5 Å². The Morgan fingerprint density at radius 2 is 2.31 bits per heavy atom. The number of nitrogens with zero attached hydrogens (tertiary/aromatic N) is 2. The van der Waals surface area contributed by atoms with Gasteiger partial charge in [0, 0.05) is 31.5 Å². The molecule has 1 unspecified atom stereocenters. The monoisotopic (exact) mass is 211 g/mol. The molecule has 0 N–H and O–H groups in total. The summed E-state index contributed by atoms with van der Waals surface area (Å²) in [4.78, 5) is 29.0. The second-order valence-electron chi connectivity index (χ2n) is 3.71. The Bertz CT molecular complexity index is 394. The molecule has 0 aromatic carbocycles. The van der Waals surface area contributed by atoms with Gasteiger partial charge in [-0.15, -0.1) is 0 Å². The van der Waals surface area contributed by atoms with Gasteiger partial charge in [-0.25, -0.2) is 0 Å². The minimum absolute atomic E-state index is 0. The van der Waals surface area contributed by atoms with Crippen LogP contribution in [0.3, 0.4) is 0 Å². The van der Waals surface area contributed by atoms with Crippen LogP contribution in [0.5, 0.6) is 0 Å². The zero-order valence-corrected chi connectivity index (χ0v) is 9.51. The van der Waals surface area contributed by atoms with Crippen LogP contribution in [0, 0.1) is 5.92 Å². The first-order chi connectivity index (χ1) is 7.20. The average molecular weight is 211 g/mol. The predicted octanol–water partition coefficient (Wildman–Crippen LogP) is -2.25. The van der Waals surface area contributed by atoms with E-state index in [1.165, 1.54) is 6.20 Å². The van der Waals surface area contributed by atoms with Crippen molar-refractivity contribution in [2.24, 2.45) is 5.92 Å². The van der Waals surface area contributed by atoms with Gasteiger partial charge in [0.15, 0.2) is 5.78 Å². The molecule has 1 saturated heterocycles. The molecule has 0 spiro atoms. The average Bonchev–Trinajstić information content (AvgIpc) is 2.60. The Balaban J connectivity index is 0.00000128. The fraction of sp³-hybridized carbons (Fsp3) is 0.364. The van der Waals surface area contributed by atoms with Crippen LogP contribution in [0.2, 0.25) is 0 Å². The van der Waals surface area contributed by atoms with E-state index in [0.717, 1.165) is 0 Å². The number of pyridine rings is 1. The minimum atomic E-state index is -0.501. The number of hydrogen-bond donors (Lipinski definition) is 0. The number of rotatable bonds is 2. The van der Waals surface area contributed by atoms with Crippen LogP contribution in [0.1, 0.15) is 16.8 Å². The van der Waals surface area contributed by atoms with Gasteiger partial charge < -0.3 is 4.90 Å². The molecule has 1 atom stereocenters. The maximum Gasteiger partial charge on any atom is 1.00 e. The fourth-order valence-corrected chi connectivity index (χ4v) is 1.78. The van der Waals surface area contributed by atoms with Crippen molar-refractivity contribution in [2.45, 2.75) is 6.42 Å². The van der Waals surface area contributed by atoms with Crippen LogP contribution >= 0.6 is 0 Å². The van der Waals surface area contributed by atoms with Gasteiger partial charge in [-0.1, -0.05) is 0 Å². The molecule has 1 aromatic heterocycles. The third kappa shape index (κ3) is 2.34. The van der Waals surface area contributed by atoms with E-state index in [4.69, 9.17) is 0 Å². The predicted molar refractivity (Wildman–Crippen MR) is 54.3 cm³/mol. The molecule has 0 bridgehead atoms. The maximum absolute atomic E-state index is 11.9. The molecule has 0 radical (unpaired) electrons. The van der Waals surface area contributed by atoms with Crippen molar-refractivity contribution in [3.05, 3.63) is 30.1 Å². The summed E-state index contributed by atoms with van der Waals surface area (Å²) in [7, 11) is 1.72. The summed E-state index contributed by atoms with van der Waals surface area (Å²) < 4.78 is 0. The van der Waals surface area contributed by atoms with Crippen molar-refractivity contribution < 1.29 is 28.4 Å². The molecule has 78 valence electrons. The van der Waals surface area contributed by atoms with Crippen LogP contribution in [0.15, 0.2) is 24.5 Å². The zero-order valence-electron chi connectivity index (χ0n) is 9.51. The number of carbonyl (C=O) groups is 2. The van der Waals surface area contributed by atoms with Crippen LogP contribution in [-0.2, 0) is 4.79 Å². The van der Waals surface area contributed by atoms with Gasteiger partial charge in [0.05, 0.1) is 0 Å². The van der Waals surface area contributed by atoms with E-state index in [9.17, 15) is 9.59 Å². The number of ketones is 1. The zero-order chi connectivity index (χ0) is 10.8. The Labute approximate surface area is 106 Å². The van der Waals surface area contributed by atoms with Gasteiger partial charge in [0.1, 0.15) is 5.92 Å². The molecule has 0 aliphatic carbocycles. The van der Waals surface area contributed by atoms with Crippen LogP contribution in [0.25, 0.3) is 0 Å². The summed E-state index contributed by atoms with van der Waals surface area (Å²) in [5, 5.41) is 0.